The first-order valence-corrected chi connectivity index (χ1v) is 9.56. The number of hydrogen-bond donors (Lipinski definition) is 3. The predicted octanol–water partition coefficient (Wildman–Crippen LogP) is 2.41. The maximum Gasteiger partial charge on any atom is 0.317 e. The number of aromatic nitrogens is 4. The Morgan fingerprint density at radius 1 is 1.31 bits per heavy atom. The zero-order chi connectivity index (χ0) is 20.4. The standard InChI is InChI=1S/C19H19ClN6O3/c20-11-7-14(27)18(22-8-11)16-13-4-1-5-21-17(13)19(25-24-16)23-12-3-2-6-26(9-12)10-15(28)29/h1,4-5,7-8,12,27H,2-3,6,9-10H2,(H,23,25)(H,28,29). The van der Waals surface area contributed by atoms with Crippen LogP contribution >= 0.6 is 11.6 Å². The number of carbonyl (C=O) groups is 1. The first-order chi connectivity index (χ1) is 14.0. The van der Waals surface area contributed by atoms with Crippen molar-refractivity contribution in [3.8, 4) is 17.1 Å². The fraction of sp³-hybridized carbons (Fsp3) is 0.316. The molecule has 4 heterocycles. The maximum absolute atomic E-state index is 11.0. The summed E-state index contributed by atoms with van der Waals surface area (Å²) < 4.78 is 0. The molecule has 0 spiro atoms. The van der Waals surface area contributed by atoms with Crippen LogP contribution in [0.3, 0.4) is 0 Å². The van der Waals surface area contributed by atoms with Crippen molar-refractivity contribution in [1.82, 2.24) is 25.1 Å². The molecule has 9 nitrogen and oxygen atoms in total. The van der Waals surface area contributed by atoms with E-state index in [9.17, 15) is 9.90 Å². The summed E-state index contributed by atoms with van der Waals surface area (Å²) in [4.78, 5) is 21.5. The number of fused-ring (bicyclic) bond motifs is 1. The highest BCUT2D eigenvalue weighted by molar-refractivity contribution is 6.30. The lowest BCUT2D eigenvalue weighted by Crippen LogP contribution is -2.44. The number of likely N-dealkylation sites (tertiary alicyclic amines) is 1. The fourth-order valence-corrected chi connectivity index (χ4v) is 3.72. The van der Waals surface area contributed by atoms with Crippen LogP contribution < -0.4 is 5.32 Å². The Morgan fingerprint density at radius 2 is 2.17 bits per heavy atom. The zero-order valence-corrected chi connectivity index (χ0v) is 16.2. The minimum atomic E-state index is -0.836. The van der Waals surface area contributed by atoms with Crippen LogP contribution in [0.4, 0.5) is 5.82 Å². The normalized spacial score (nSPS) is 17.3. The van der Waals surface area contributed by atoms with Gasteiger partial charge in [0, 0.05) is 36.4 Å². The van der Waals surface area contributed by atoms with Crippen LogP contribution in [0.1, 0.15) is 12.8 Å². The van der Waals surface area contributed by atoms with Crippen molar-refractivity contribution in [3.63, 3.8) is 0 Å². The number of nitrogens with one attached hydrogen (secondary N) is 1. The SMILES string of the molecule is O=C(O)CN1CCCC(Nc2nnc(-c3ncc(Cl)cc3O)c3cccnc23)C1. The summed E-state index contributed by atoms with van der Waals surface area (Å²) in [5.41, 5.74) is 1.28. The molecule has 3 aromatic rings. The number of anilines is 1. The van der Waals surface area contributed by atoms with Crippen molar-refractivity contribution >= 4 is 34.3 Å². The molecule has 10 heteroatoms. The van der Waals surface area contributed by atoms with Crippen LogP contribution in [0, 0.1) is 0 Å². The first-order valence-electron chi connectivity index (χ1n) is 9.18. The van der Waals surface area contributed by atoms with Gasteiger partial charge < -0.3 is 15.5 Å². The van der Waals surface area contributed by atoms with Crippen molar-refractivity contribution in [1.29, 1.82) is 0 Å². The number of carboxylic acid groups (broad SMARTS) is 1. The molecule has 0 saturated carbocycles. The Kier molecular flexibility index (Phi) is 5.41. The molecule has 1 atom stereocenters. The maximum atomic E-state index is 11.0. The Labute approximate surface area is 171 Å². The molecule has 150 valence electrons. The predicted molar refractivity (Wildman–Crippen MR) is 108 cm³/mol. The van der Waals surface area contributed by atoms with Crippen molar-refractivity contribution in [2.45, 2.75) is 18.9 Å². The molecule has 4 rings (SSSR count). The van der Waals surface area contributed by atoms with Crippen LogP contribution in [0.15, 0.2) is 30.6 Å². The Morgan fingerprint density at radius 3 is 2.97 bits per heavy atom. The van der Waals surface area contributed by atoms with Crippen LogP contribution in [0.25, 0.3) is 22.3 Å². The van der Waals surface area contributed by atoms with E-state index in [2.05, 4.69) is 25.5 Å². The van der Waals surface area contributed by atoms with Crippen LogP contribution in [0.2, 0.25) is 5.02 Å². The fourth-order valence-electron chi connectivity index (χ4n) is 3.57. The third-order valence-electron chi connectivity index (χ3n) is 4.80. The molecular weight excluding hydrogens is 396 g/mol. The van der Waals surface area contributed by atoms with Gasteiger partial charge in [0.25, 0.3) is 0 Å². The molecule has 29 heavy (non-hydrogen) atoms. The van der Waals surface area contributed by atoms with Gasteiger partial charge in [-0.3, -0.25) is 14.7 Å². The van der Waals surface area contributed by atoms with Crippen molar-refractivity contribution in [3.05, 3.63) is 35.6 Å². The quantitative estimate of drug-likeness (QED) is 0.577. The summed E-state index contributed by atoms with van der Waals surface area (Å²) in [5.74, 6) is -0.411. The van der Waals surface area contributed by atoms with Gasteiger partial charge in [-0.1, -0.05) is 11.6 Å². The molecular formula is C19H19ClN6O3. The molecule has 1 fully saturated rings. The van der Waals surface area contributed by atoms with E-state index in [4.69, 9.17) is 16.7 Å². The number of pyridine rings is 2. The summed E-state index contributed by atoms with van der Waals surface area (Å²) >= 11 is 5.88. The highest BCUT2D eigenvalue weighted by Gasteiger charge is 2.23. The van der Waals surface area contributed by atoms with E-state index < -0.39 is 5.97 Å². The largest absolute Gasteiger partial charge is 0.506 e. The summed E-state index contributed by atoms with van der Waals surface area (Å²) in [6.07, 6.45) is 4.88. The minimum Gasteiger partial charge on any atom is -0.506 e. The molecule has 3 aromatic heterocycles. The van der Waals surface area contributed by atoms with Gasteiger partial charge in [0.2, 0.25) is 0 Å². The molecule has 0 amide bonds. The van der Waals surface area contributed by atoms with Gasteiger partial charge in [-0.15, -0.1) is 10.2 Å². The van der Waals surface area contributed by atoms with Crippen LogP contribution in [-0.2, 0) is 4.79 Å². The number of nitrogens with zero attached hydrogens (tertiary/aromatic N) is 5. The lowest BCUT2D eigenvalue weighted by molar-refractivity contribution is -0.138. The second-order valence-corrected chi connectivity index (χ2v) is 7.37. The molecule has 0 radical (unpaired) electrons. The van der Waals surface area contributed by atoms with E-state index in [1.54, 1.807) is 12.3 Å². The number of rotatable bonds is 5. The number of aliphatic carboxylic acids is 1. The van der Waals surface area contributed by atoms with Crippen LogP contribution in [0.5, 0.6) is 5.75 Å². The second kappa shape index (κ2) is 8.14. The lowest BCUT2D eigenvalue weighted by Gasteiger charge is -2.32. The van der Waals surface area contributed by atoms with Crippen molar-refractivity contribution in [2.24, 2.45) is 0 Å². The molecule has 3 N–H and O–H groups in total. The lowest BCUT2D eigenvalue weighted by atomic mass is 10.1. The molecule has 1 aliphatic rings. The van der Waals surface area contributed by atoms with Gasteiger partial charge in [0.05, 0.1) is 11.6 Å². The minimum absolute atomic E-state index is 0.0172. The van der Waals surface area contributed by atoms with Gasteiger partial charge in [-0.2, -0.15) is 0 Å². The van der Waals surface area contributed by atoms with E-state index >= 15 is 0 Å². The molecule has 0 aromatic carbocycles. The van der Waals surface area contributed by atoms with Gasteiger partial charge in [0.15, 0.2) is 5.82 Å². The van der Waals surface area contributed by atoms with E-state index in [1.807, 2.05) is 11.0 Å². The van der Waals surface area contributed by atoms with E-state index in [1.165, 1.54) is 12.3 Å². The Bertz CT molecular complexity index is 1060. The highest BCUT2D eigenvalue weighted by Crippen LogP contribution is 2.33. The van der Waals surface area contributed by atoms with Crippen molar-refractivity contribution in [2.75, 3.05) is 25.0 Å². The van der Waals surface area contributed by atoms with E-state index in [0.717, 1.165) is 19.4 Å². The molecule has 1 unspecified atom stereocenters. The van der Waals surface area contributed by atoms with E-state index in [-0.39, 0.29) is 24.0 Å². The van der Waals surface area contributed by atoms with Crippen LogP contribution in [-0.4, -0.2) is 66.9 Å². The summed E-state index contributed by atoms with van der Waals surface area (Å²) in [5, 5.41) is 32.2. The third kappa shape index (κ3) is 4.20. The second-order valence-electron chi connectivity index (χ2n) is 6.93. The smallest absolute Gasteiger partial charge is 0.317 e. The summed E-state index contributed by atoms with van der Waals surface area (Å²) in [6, 6.07) is 5.05. The first kappa shape index (κ1) is 19.3. The summed E-state index contributed by atoms with van der Waals surface area (Å²) in [7, 11) is 0. The van der Waals surface area contributed by atoms with E-state index in [0.29, 0.717) is 34.0 Å². The Hall–Kier alpha value is -3.04. The van der Waals surface area contributed by atoms with Gasteiger partial charge in [-0.05, 0) is 31.5 Å². The molecule has 0 aliphatic carbocycles. The average Bonchev–Trinajstić information content (AvgIpc) is 2.69. The molecule has 0 bridgehead atoms. The van der Waals surface area contributed by atoms with Crippen molar-refractivity contribution < 1.29 is 15.0 Å². The monoisotopic (exact) mass is 414 g/mol. The zero-order valence-electron chi connectivity index (χ0n) is 15.4. The summed E-state index contributed by atoms with van der Waals surface area (Å²) in [6.45, 7) is 1.38. The highest BCUT2D eigenvalue weighted by atomic mass is 35.5. The number of aromatic hydroxyl groups is 1. The number of piperidine rings is 1. The number of carboxylic acids is 1. The Balaban J connectivity index is 1.66. The number of halogens is 1. The van der Waals surface area contributed by atoms with Gasteiger partial charge in [0.1, 0.15) is 22.7 Å². The van der Waals surface area contributed by atoms with Gasteiger partial charge >= 0.3 is 5.97 Å². The molecule has 1 aliphatic heterocycles. The topological polar surface area (TPSA) is 124 Å². The molecule has 1 saturated heterocycles. The average molecular weight is 415 g/mol. The van der Waals surface area contributed by atoms with Gasteiger partial charge in [-0.25, -0.2) is 4.98 Å². The number of hydrogen-bond acceptors (Lipinski definition) is 8. The third-order valence-corrected chi connectivity index (χ3v) is 5.01.